The van der Waals surface area contributed by atoms with Crippen molar-refractivity contribution < 1.29 is 0 Å². The lowest BCUT2D eigenvalue weighted by molar-refractivity contribution is 0.306. The lowest BCUT2D eigenvalue weighted by Crippen LogP contribution is -2.20. The van der Waals surface area contributed by atoms with E-state index in [1.165, 1.54) is 5.56 Å². The number of rotatable bonds is 4. The normalized spacial score (nSPS) is 13.6. The second-order valence-electron chi connectivity index (χ2n) is 4.62. The van der Waals surface area contributed by atoms with Gasteiger partial charge in [-0.15, -0.1) is 6.58 Å². The van der Waals surface area contributed by atoms with Crippen molar-refractivity contribution in [3.05, 3.63) is 48.6 Å². The van der Waals surface area contributed by atoms with Gasteiger partial charge in [0.1, 0.15) is 0 Å². The average Bonchev–Trinajstić information content (AvgIpc) is 2.19. The van der Waals surface area contributed by atoms with Crippen LogP contribution in [0.25, 0.3) is 0 Å². The SMILES string of the molecule is C=CC(C)(C)C(C)Cc1ccccc1. The van der Waals surface area contributed by atoms with Crippen LogP contribution in [0, 0.1) is 11.3 Å². The third-order valence-corrected chi connectivity index (χ3v) is 3.18. The summed E-state index contributed by atoms with van der Waals surface area (Å²) in [6.07, 6.45) is 3.18. The van der Waals surface area contributed by atoms with Crippen molar-refractivity contribution in [2.24, 2.45) is 11.3 Å². The molecule has 0 aromatic heterocycles. The molecule has 0 radical (unpaired) electrons. The summed E-state index contributed by atoms with van der Waals surface area (Å²) in [5.74, 6) is 0.627. The molecule has 0 amide bonds. The number of hydrogen-bond donors (Lipinski definition) is 0. The van der Waals surface area contributed by atoms with Crippen LogP contribution in [0.3, 0.4) is 0 Å². The Morgan fingerprint density at radius 1 is 1.29 bits per heavy atom. The van der Waals surface area contributed by atoms with Crippen LogP contribution in [0.2, 0.25) is 0 Å². The number of allylic oxidation sites excluding steroid dienone is 1. The molecule has 0 fully saturated rings. The third kappa shape index (κ3) is 2.73. The van der Waals surface area contributed by atoms with Gasteiger partial charge < -0.3 is 0 Å². The first-order chi connectivity index (χ1) is 6.56. The van der Waals surface area contributed by atoms with Gasteiger partial charge >= 0.3 is 0 Å². The van der Waals surface area contributed by atoms with Crippen LogP contribution >= 0.6 is 0 Å². The fraction of sp³-hybridized carbons (Fsp3) is 0.429. The summed E-state index contributed by atoms with van der Waals surface area (Å²) >= 11 is 0. The van der Waals surface area contributed by atoms with Crippen molar-refractivity contribution in [3.63, 3.8) is 0 Å². The Morgan fingerprint density at radius 3 is 2.36 bits per heavy atom. The molecule has 1 atom stereocenters. The van der Waals surface area contributed by atoms with E-state index in [2.05, 4.69) is 63.8 Å². The quantitative estimate of drug-likeness (QED) is 0.625. The van der Waals surface area contributed by atoms with Gasteiger partial charge in [0.2, 0.25) is 0 Å². The summed E-state index contributed by atoms with van der Waals surface area (Å²) in [5, 5.41) is 0. The Bertz CT molecular complexity index is 282. The van der Waals surface area contributed by atoms with E-state index < -0.39 is 0 Å². The molecular weight excluding hydrogens is 168 g/mol. The molecule has 0 aliphatic heterocycles. The van der Waals surface area contributed by atoms with Gasteiger partial charge in [0, 0.05) is 0 Å². The van der Waals surface area contributed by atoms with Crippen molar-refractivity contribution in [3.8, 4) is 0 Å². The standard InChI is InChI=1S/C14H20/c1-5-14(3,4)12(2)11-13-9-7-6-8-10-13/h5-10,12H,1,11H2,2-4H3. The predicted octanol–water partition coefficient (Wildman–Crippen LogP) is 4.08. The summed E-state index contributed by atoms with van der Waals surface area (Å²) in [6, 6.07) is 10.6. The third-order valence-electron chi connectivity index (χ3n) is 3.18. The fourth-order valence-corrected chi connectivity index (χ4v) is 1.43. The molecule has 0 nitrogen and oxygen atoms in total. The van der Waals surface area contributed by atoms with Gasteiger partial charge in [0.05, 0.1) is 0 Å². The molecule has 1 rings (SSSR count). The first kappa shape index (κ1) is 11.0. The van der Waals surface area contributed by atoms with E-state index in [-0.39, 0.29) is 5.41 Å². The van der Waals surface area contributed by atoms with E-state index in [0.717, 1.165) is 6.42 Å². The van der Waals surface area contributed by atoms with Gasteiger partial charge in [0.15, 0.2) is 0 Å². The van der Waals surface area contributed by atoms with Crippen LogP contribution in [-0.2, 0) is 6.42 Å². The smallest absolute Gasteiger partial charge is 0.0149 e. The van der Waals surface area contributed by atoms with E-state index in [1.807, 2.05) is 0 Å². The Kier molecular flexibility index (Phi) is 3.51. The molecule has 0 N–H and O–H groups in total. The van der Waals surface area contributed by atoms with E-state index >= 15 is 0 Å². The predicted molar refractivity (Wildman–Crippen MR) is 63.3 cm³/mol. The second kappa shape index (κ2) is 4.45. The van der Waals surface area contributed by atoms with Crippen LogP contribution in [-0.4, -0.2) is 0 Å². The maximum atomic E-state index is 3.90. The van der Waals surface area contributed by atoms with Crippen molar-refractivity contribution in [2.45, 2.75) is 27.2 Å². The van der Waals surface area contributed by atoms with Crippen molar-refractivity contribution in [1.29, 1.82) is 0 Å². The van der Waals surface area contributed by atoms with Crippen LogP contribution < -0.4 is 0 Å². The molecule has 0 saturated heterocycles. The van der Waals surface area contributed by atoms with Crippen molar-refractivity contribution >= 4 is 0 Å². The summed E-state index contributed by atoms with van der Waals surface area (Å²) in [4.78, 5) is 0. The Hall–Kier alpha value is -1.04. The largest absolute Gasteiger partial charge is 0.103 e. The highest BCUT2D eigenvalue weighted by atomic mass is 14.3. The molecule has 0 spiro atoms. The average molecular weight is 188 g/mol. The molecular formula is C14H20. The van der Waals surface area contributed by atoms with Crippen LogP contribution in [0.4, 0.5) is 0 Å². The lowest BCUT2D eigenvalue weighted by Gasteiger charge is -2.28. The highest BCUT2D eigenvalue weighted by molar-refractivity contribution is 5.16. The van der Waals surface area contributed by atoms with E-state index in [4.69, 9.17) is 0 Å². The molecule has 0 aliphatic carbocycles. The molecule has 0 saturated carbocycles. The van der Waals surface area contributed by atoms with Gasteiger partial charge in [0.25, 0.3) is 0 Å². The van der Waals surface area contributed by atoms with Crippen molar-refractivity contribution in [1.82, 2.24) is 0 Å². The van der Waals surface area contributed by atoms with Gasteiger partial charge in [-0.2, -0.15) is 0 Å². The van der Waals surface area contributed by atoms with E-state index in [1.54, 1.807) is 0 Å². The Labute approximate surface area is 87.7 Å². The number of benzene rings is 1. The lowest BCUT2D eigenvalue weighted by atomic mass is 9.77. The summed E-state index contributed by atoms with van der Waals surface area (Å²) < 4.78 is 0. The minimum atomic E-state index is 0.218. The highest BCUT2D eigenvalue weighted by Gasteiger charge is 2.21. The maximum Gasteiger partial charge on any atom is -0.0149 e. The van der Waals surface area contributed by atoms with Crippen LogP contribution in [0.15, 0.2) is 43.0 Å². The van der Waals surface area contributed by atoms with E-state index in [0.29, 0.717) is 5.92 Å². The van der Waals surface area contributed by atoms with Crippen molar-refractivity contribution in [2.75, 3.05) is 0 Å². The van der Waals surface area contributed by atoms with Crippen LogP contribution in [0.5, 0.6) is 0 Å². The molecule has 1 aromatic rings. The fourth-order valence-electron chi connectivity index (χ4n) is 1.43. The molecule has 76 valence electrons. The minimum Gasteiger partial charge on any atom is -0.103 e. The molecule has 1 unspecified atom stereocenters. The van der Waals surface area contributed by atoms with Gasteiger partial charge in [-0.25, -0.2) is 0 Å². The molecule has 1 aromatic carbocycles. The summed E-state index contributed by atoms with van der Waals surface area (Å²) in [5.41, 5.74) is 1.63. The Morgan fingerprint density at radius 2 is 1.86 bits per heavy atom. The zero-order valence-electron chi connectivity index (χ0n) is 9.46. The molecule has 14 heavy (non-hydrogen) atoms. The van der Waals surface area contributed by atoms with Gasteiger partial charge in [-0.3, -0.25) is 0 Å². The monoisotopic (exact) mass is 188 g/mol. The Balaban J connectivity index is 2.66. The molecule has 0 heteroatoms. The molecule has 0 bridgehead atoms. The highest BCUT2D eigenvalue weighted by Crippen LogP contribution is 2.30. The first-order valence-electron chi connectivity index (χ1n) is 5.24. The van der Waals surface area contributed by atoms with Gasteiger partial charge in [-0.1, -0.05) is 57.2 Å². The minimum absolute atomic E-state index is 0.218. The zero-order chi connectivity index (χ0) is 10.6. The maximum absolute atomic E-state index is 3.90. The summed E-state index contributed by atoms with van der Waals surface area (Å²) in [7, 11) is 0. The number of hydrogen-bond acceptors (Lipinski definition) is 0. The topological polar surface area (TPSA) is 0 Å². The van der Waals surface area contributed by atoms with Crippen LogP contribution in [0.1, 0.15) is 26.3 Å². The van der Waals surface area contributed by atoms with Gasteiger partial charge in [-0.05, 0) is 23.3 Å². The molecule has 0 aliphatic rings. The van der Waals surface area contributed by atoms with E-state index in [9.17, 15) is 0 Å². The second-order valence-corrected chi connectivity index (χ2v) is 4.62. The summed E-state index contributed by atoms with van der Waals surface area (Å²) in [6.45, 7) is 10.7. The zero-order valence-corrected chi connectivity index (χ0v) is 9.46. The first-order valence-corrected chi connectivity index (χ1v) is 5.24. The molecule has 0 heterocycles.